The molecule has 1 saturated heterocycles. The minimum atomic E-state index is -1.55. The molecule has 0 saturated carbocycles. The Bertz CT molecular complexity index is 250. The summed E-state index contributed by atoms with van der Waals surface area (Å²) < 4.78 is 3.26. The Kier molecular flexibility index (Phi) is 6.31. The molecule has 1 aliphatic rings. The normalized spacial score (nSPS) is 19.3. The fourth-order valence-electron chi connectivity index (χ4n) is 1.63. The summed E-state index contributed by atoms with van der Waals surface area (Å²) in [5.41, 5.74) is 0. The van der Waals surface area contributed by atoms with E-state index in [4.69, 9.17) is 39.5 Å². The van der Waals surface area contributed by atoms with Gasteiger partial charge in [-0.2, -0.15) is 0 Å². The second kappa shape index (κ2) is 7.00. The number of carbonyl (C=O) groups excluding carboxylic acids is 1. The van der Waals surface area contributed by atoms with Crippen LogP contribution >= 0.6 is 34.8 Å². The summed E-state index contributed by atoms with van der Waals surface area (Å²) in [6.45, 7) is 2.00. The molecule has 7 heteroatoms. The van der Waals surface area contributed by atoms with Gasteiger partial charge in [0.2, 0.25) is 3.79 Å². The van der Waals surface area contributed by atoms with E-state index in [9.17, 15) is 9.90 Å². The molecular formula is C10H16Cl3NO3. The number of hydrogen-bond donors (Lipinski definition) is 1. The van der Waals surface area contributed by atoms with E-state index in [1.807, 2.05) is 0 Å². The van der Waals surface area contributed by atoms with Gasteiger partial charge >= 0.3 is 5.97 Å². The second-order valence-corrected chi connectivity index (χ2v) is 6.61. The average Bonchev–Trinajstić information content (AvgIpc) is 2.25. The molecule has 100 valence electrons. The lowest BCUT2D eigenvalue weighted by molar-refractivity contribution is -0.143. The van der Waals surface area contributed by atoms with Gasteiger partial charge in [0.25, 0.3) is 0 Å². The van der Waals surface area contributed by atoms with E-state index in [2.05, 4.69) is 4.90 Å². The molecule has 0 spiro atoms. The van der Waals surface area contributed by atoms with Crippen LogP contribution in [0.4, 0.5) is 0 Å². The van der Waals surface area contributed by atoms with Gasteiger partial charge in [0, 0.05) is 19.6 Å². The highest BCUT2D eigenvalue weighted by atomic mass is 35.6. The molecule has 17 heavy (non-hydrogen) atoms. The number of likely N-dealkylation sites (tertiary alicyclic amines) is 1. The number of halogens is 3. The molecule has 0 bridgehead atoms. The smallest absolute Gasteiger partial charge is 0.307 e. The van der Waals surface area contributed by atoms with Crippen LogP contribution in [0.3, 0.4) is 0 Å². The van der Waals surface area contributed by atoms with Gasteiger partial charge < -0.3 is 14.7 Å². The van der Waals surface area contributed by atoms with Crippen molar-refractivity contribution >= 4 is 40.8 Å². The van der Waals surface area contributed by atoms with Gasteiger partial charge in [-0.05, 0) is 12.8 Å². The molecule has 0 aromatic rings. The van der Waals surface area contributed by atoms with Gasteiger partial charge in [-0.25, -0.2) is 0 Å². The van der Waals surface area contributed by atoms with E-state index in [1.165, 1.54) is 0 Å². The molecule has 1 aliphatic heterocycles. The van der Waals surface area contributed by atoms with Crippen molar-refractivity contribution in [2.24, 2.45) is 0 Å². The molecule has 1 fully saturated rings. The fourth-order valence-corrected chi connectivity index (χ4v) is 1.79. The Balaban J connectivity index is 2.11. The first-order valence-electron chi connectivity index (χ1n) is 5.49. The minimum absolute atomic E-state index is 0.206. The lowest BCUT2D eigenvalue weighted by atomic mass is 10.1. The van der Waals surface area contributed by atoms with Crippen LogP contribution in [0, 0.1) is 0 Å². The first-order chi connectivity index (χ1) is 7.87. The van der Waals surface area contributed by atoms with Gasteiger partial charge in [0.1, 0.15) is 6.61 Å². The van der Waals surface area contributed by atoms with Gasteiger partial charge in [0.15, 0.2) is 0 Å². The van der Waals surface area contributed by atoms with Gasteiger partial charge in [0.05, 0.1) is 12.5 Å². The van der Waals surface area contributed by atoms with E-state index in [-0.39, 0.29) is 25.1 Å². The van der Waals surface area contributed by atoms with Crippen LogP contribution in [0.25, 0.3) is 0 Å². The van der Waals surface area contributed by atoms with Crippen LogP contribution in [0.5, 0.6) is 0 Å². The molecule has 0 aliphatic carbocycles. The molecule has 0 radical (unpaired) electrons. The third-order valence-electron chi connectivity index (χ3n) is 2.59. The van der Waals surface area contributed by atoms with Crippen LogP contribution in [-0.4, -0.2) is 52.1 Å². The van der Waals surface area contributed by atoms with Crippen LogP contribution < -0.4 is 0 Å². The molecule has 1 N–H and O–H groups in total. The zero-order valence-corrected chi connectivity index (χ0v) is 11.6. The van der Waals surface area contributed by atoms with E-state index in [0.29, 0.717) is 6.54 Å². The number of alkyl halides is 3. The zero-order chi connectivity index (χ0) is 12.9. The number of hydrogen-bond acceptors (Lipinski definition) is 4. The highest BCUT2D eigenvalue weighted by Gasteiger charge is 2.23. The van der Waals surface area contributed by atoms with Crippen molar-refractivity contribution in [2.75, 3.05) is 26.2 Å². The third kappa shape index (κ3) is 7.32. The SMILES string of the molecule is O=C(CCN1CCC(O)CC1)OCC(Cl)(Cl)Cl. The van der Waals surface area contributed by atoms with E-state index in [0.717, 1.165) is 25.9 Å². The summed E-state index contributed by atoms with van der Waals surface area (Å²) in [4.78, 5) is 13.4. The van der Waals surface area contributed by atoms with Crippen molar-refractivity contribution in [3.63, 3.8) is 0 Å². The molecule has 0 atom stereocenters. The summed E-state index contributed by atoms with van der Waals surface area (Å²) in [7, 11) is 0. The number of carbonyl (C=O) groups is 1. The molecule has 0 amide bonds. The Morgan fingerprint density at radius 1 is 1.35 bits per heavy atom. The lowest BCUT2D eigenvalue weighted by Gasteiger charge is -2.29. The Morgan fingerprint density at radius 3 is 2.47 bits per heavy atom. The Hall–Kier alpha value is 0.260. The van der Waals surface area contributed by atoms with Crippen molar-refractivity contribution in [2.45, 2.75) is 29.2 Å². The summed E-state index contributed by atoms with van der Waals surface area (Å²) in [5.74, 6) is -0.373. The van der Waals surface area contributed by atoms with Crippen LogP contribution in [0.1, 0.15) is 19.3 Å². The Morgan fingerprint density at radius 2 is 1.94 bits per heavy atom. The molecule has 0 aromatic carbocycles. The maximum absolute atomic E-state index is 11.3. The highest BCUT2D eigenvalue weighted by Crippen LogP contribution is 2.26. The number of aliphatic hydroxyl groups excluding tert-OH is 1. The predicted octanol–water partition coefficient (Wildman–Crippen LogP) is 1.75. The maximum atomic E-state index is 11.3. The van der Waals surface area contributed by atoms with Gasteiger partial charge in [-0.1, -0.05) is 34.8 Å². The van der Waals surface area contributed by atoms with Gasteiger partial charge in [-0.15, -0.1) is 0 Å². The number of ether oxygens (including phenoxy) is 1. The molecule has 0 unspecified atom stereocenters. The number of piperidine rings is 1. The van der Waals surface area contributed by atoms with E-state index < -0.39 is 3.79 Å². The zero-order valence-electron chi connectivity index (χ0n) is 9.37. The summed E-state index contributed by atoms with van der Waals surface area (Å²) in [6, 6.07) is 0. The first kappa shape index (κ1) is 15.3. The fraction of sp³-hybridized carbons (Fsp3) is 0.900. The van der Waals surface area contributed by atoms with Crippen molar-refractivity contribution < 1.29 is 14.6 Å². The van der Waals surface area contributed by atoms with Crippen molar-refractivity contribution in [3.8, 4) is 0 Å². The largest absolute Gasteiger partial charge is 0.461 e. The van der Waals surface area contributed by atoms with Crippen molar-refractivity contribution in [1.29, 1.82) is 0 Å². The molecule has 1 heterocycles. The van der Waals surface area contributed by atoms with Crippen LogP contribution in [0.2, 0.25) is 0 Å². The summed E-state index contributed by atoms with van der Waals surface area (Å²) >= 11 is 16.4. The number of rotatable bonds is 4. The third-order valence-corrected chi connectivity index (χ3v) is 2.91. The topological polar surface area (TPSA) is 49.8 Å². The minimum Gasteiger partial charge on any atom is -0.461 e. The van der Waals surface area contributed by atoms with Crippen molar-refractivity contribution in [3.05, 3.63) is 0 Å². The number of aliphatic hydroxyl groups is 1. The van der Waals surface area contributed by atoms with Gasteiger partial charge in [-0.3, -0.25) is 4.79 Å². The van der Waals surface area contributed by atoms with Crippen molar-refractivity contribution in [1.82, 2.24) is 4.90 Å². The average molecular weight is 305 g/mol. The number of esters is 1. The lowest BCUT2D eigenvalue weighted by Crippen LogP contribution is -2.37. The molecular weight excluding hydrogens is 288 g/mol. The quantitative estimate of drug-likeness (QED) is 0.635. The Labute approximate surface area is 116 Å². The standard InChI is InChI=1S/C10H16Cl3NO3/c11-10(12,13)7-17-9(16)3-6-14-4-1-8(15)2-5-14/h8,15H,1-7H2. The predicted molar refractivity (Wildman–Crippen MR) is 67.5 cm³/mol. The molecule has 4 nitrogen and oxygen atoms in total. The molecule has 0 aromatic heterocycles. The highest BCUT2D eigenvalue weighted by molar-refractivity contribution is 6.67. The summed E-state index contributed by atoms with van der Waals surface area (Å²) in [6.07, 6.45) is 1.58. The van der Waals surface area contributed by atoms with Crippen LogP contribution in [0.15, 0.2) is 0 Å². The molecule has 1 rings (SSSR count). The monoisotopic (exact) mass is 303 g/mol. The maximum Gasteiger partial charge on any atom is 0.307 e. The summed E-state index contributed by atoms with van der Waals surface area (Å²) in [5, 5.41) is 9.32. The van der Waals surface area contributed by atoms with E-state index in [1.54, 1.807) is 0 Å². The first-order valence-corrected chi connectivity index (χ1v) is 6.63. The van der Waals surface area contributed by atoms with Crippen LogP contribution in [-0.2, 0) is 9.53 Å². The second-order valence-electron chi connectivity index (χ2n) is 4.10. The number of nitrogens with zero attached hydrogens (tertiary/aromatic N) is 1. The van der Waals surface area contributed by atoms with E-state index >= 15 is 0 Å².